The Balaban J connectivity index is 2.35. The minimum atomic E-state index is 0.616. The molecular weight excluding hydrogens is 266 g/mol. The van der Waals surface area contributed by atoms with Gasteiger partial charge >= 0.3 is 0 Å². The van der Waals surface area contributed by atoms with Crippen molar-refractivity contribution < 1.29 is 0 Å². The van der Waals surface area contributed by atoms with Crippen molar-refractivity contribution in [1.82, 2.24) is 14.5 Å². The van der Waals surface area contributed by atoms with Crippen LogP contribution in [-0.4, -0.2) is 14.5 Å². The number of nitrogens with zero attached hydrogens (tertiary/aromatic N) is 2. The topological polar surface area (TPSA) is 33.6 Å². The Morgan fingerprint density at radius 1 is 1.33 bits per heavy atom. The second-order valence-corrected chi connectivity index (χ2v) is 4.95. The maximum Gasteiger partial charge on any atom is 0.183 e. The van der Waals surface area contributed by atoms with Crippen LogP contribution >= 0.6 is 23.8 Å². The van der Waals surface area contributed by atoms with Crippen LogP contribution in [-0.2, 0) is 0 Å². The van der Waals surface area contributed by atoms with Crippen LogP contribution in [0, 0.1) is 11.7 Å². The Morgan fingerprint density at radius 2 is 2.17 bits per heavy atom. The zero-order valence-electron chi connectivity index (χ0n) is 9.64. The Bertz CT molecular complexity index is 788. The Kier molecular flexibility index (Phi) is 2.69. The number of hydrogen-bond donors (Lipinski definition) is 1. The van der Waals surface area contributed by atoms with Gasteiger partial charge in [-0.3, -0.25) is 4.57 Å². The first-order valence-corrected chi connectivity index (χ1v) is 6.27. The highest BCUT2D eigenvalue weighted by Crippen LogP contribution is 2.20. The van der Waals surface area contributed by atoms with E-state index in [0.29, 0.717) is 9.79 Å². The normalized spacial score (nSPS) is 11.0. The maximum absolute atomic E-state index is 6.01. The lowest BCUT2D eigenvalue weighted by molar-refractivity contribution is 1.04. The molecule has 3 aromatic rings. The number of rotatable bonds is 1. The molecule has 0 fully saturated rings. The molecule has 90 valence electrons. The van der Waals surface area contributed by atoms with Crippen molar-refractivity contribution in [2.75, 3.05) is 0 Å². The first-order valence-electron chi connectivity index (χ1n) is 5.48. The molecule has 0 atom stereocenters. The lowest BCUT2D eigenvalue weighted by Gasteiger charge is -2.04. The van der Waals surface area contributed by atoms with Crippen LogP contribution in [0.1, 0.15) is 5.56 Å². The number of imidazole rings is 1. The van der Waals surface area contributed by atoms with Crippen molar-refractivity contribution in [2.24, 2.45) is 0 Å². The SMILES string of the molecule is Cc1cnc2c(c1)[nH]c(=S)n2-c1cccc(Cl)c1. The Morgan fingerprint density at radius 3 is 2.94 bits per heavy atom. The van der Waals surface area contributed by atoms with Gasteiger partial charge in [-0.15, -0.1) is 0 Å². The number of H-pyrrole nitrogens is 1. The van der Waals surface area contributed by atoms with E-state index in [1.807, 2.05) is 48.0 Å². The first kappa shape index (κ1) is 11.4. The molecule has 2 heterocycles. The van der Waals surface area contributed by atoms with Crippen LogP contribution in [0.3, 0.4) is 0 Å². The fourth-order valence-electron chi connectivity index (χ4n) is 1.95. The van der Waals surface area contributed by atoms with Gasteiger partial charge in [-0.05, 0) is 49.0 Å². The van der Waals surface area contributed by atoms with Gasteiger partial charge < -0.3 is 4.98 Å². The second-order valence-electron chi connectivity index (χ2n) is 4.13. The van der Waals surface area contributed by atoms with Crippen molar-refractivity contribution in [3.63, 3.8) is 0 Å². The van der Waals surface area contributed by atoms with Crippen molar-refractivity contribution in [2.45, 2.75) is 6.92 Å². The summed E-state index contributed by atoms with van der Waals surface area (Å²) in [6, 6.07) is 9.58. The average molecular weight is 276 g/mol. The van der Waals surface area contributed by atoms with Gasteiger partial charge in [-0.2, -0.15) is 0 Å². The Hall–Kier alpha value is -1.65. The highest BCUT2D eigenvalue weighted by molar-refractivity contribution is 7.71. The molecular formula is C13H10ClN3S. The van der Waals surface area contributed by atoms with Gasteiger partial charge in [-0.25, -0.2) is 4.98 Å². The van der Waals surface area contributed by atoms with E-state index >= 15 is 0 Å². The molecule has 0 aliphatic rings. The summed E-state index contributed by atoms with van der Waals surface area (Å²) in [5.41, 5.74) is 3.75. The van der Waals surface area contributed by atoms with E-state index in [9.17, 15) is 0 Å². The third-order valence-corrected chi connectivity index (χ3v) is 3.25. The molecule has 0 amide bonds. The lowest BCUT2D eigenvalue weighted by Crippen LogP contribution is -1.95. The van der Waals surface area contributed by atoms with Crippen LogP contribution in [0.25, 0.3) is 16.9 Å². The van der Waals surface area contributed by atoms with Gasteiger partial charge in [-0.1, -0.05) is 17.7 Å². The molecule has 0 unspecified atom stereocenters. The molecule has 3 nitrogen and oxygen atoms in total. The van der Waals surface area contributed by atoms with Crippen molar-refractivity contribution in [1.29, 1.82) is 0 Å². The molecule has 1 aromatic carbocycles. The number of aromatic amines is 1. The summed E-state index contributed by atoms with van der Waals surface area (Å²) >= 11 is 11.4. The van der Waals surface area contributed by atoms with E-state index in [1.54, 1.807) is 0 Å². The number of fused-ring (bicyclic) bond motifs is 1. The zero-order valence-corrected chi connectivity index (χ0v) is 11.2. The monoisotopic (exact) mass is 275 g/mol. The number of nitrogens with one attached hydrogen (secondary N) is 1. The molecule has 0 aliphatic heterocycles. The summed E-state index contributed by atoms with van der Waals surface area (Å²) in [5.74, 6) is 0. The quantitative estimate of drug-likeness (QED) is 0.680. The van der Waals surface area contributed by atoms with Crippen LogP contribution in [0.4, 0.5) is 0 Å². The maximum atomic E-state index is 6.01. The molecule has 0 aliphatic carbocycles. The van der Waals surface area contributed by atoms with Gasteiger partial charge in [0.25, 0.3) is 0 Å². The highest BCUT2D eigenvalue weighted by atomic mass is 35.5. The molecule has 0 saturated carbocycles. The van der Waals surface area contributed by atoms with Crippen molar-refractivity contribution >= 4 is 35.0 Å². The average Bonchev–Trinajstić information content (AvgIpc) is 2.64. The number of aromatic nitrogens is 3. The summed E-state index contributed by atoms with van der Waals surface area (Å²) in [4.78, 5) is 7.59. The number of pyridine rings is 1. The molecule has 0 bridgehead atoms. The van der Waals surface area contributed by atoms with E-state index in [1.165, 1.54) is 0 Å². The summed E-state index contributed by atoms with van der Waals surface area (Å²) in [5, 5.41) is 0.677. The minimum Gasteiger partial charge on any atom is -0.329 e. The van der Waals surface area contributed by atoms with Gasteiger partial charge in [0.15, 0.2) is 10.4 Å². The standard InChI is InChI=1S/C13H10ClN3S/c1-8-5-11-12(15-7-8)17(13(18)16-11)10-4-2-3-9(14)6-10/h2-7H,1H3,(H,16,18). The number of benzene rings is 1. The van der Waals surface area contributed by atoms with E-state index in [0.717, 1.165) is 22.4 Å². The third kappa shape index (κ3) is 1.83. The molecule has 2 aromatic heterocycles. The smallest absolute Gasteiger partial charge is 0.183 e. The summed E-state index contributed by atoms with van der Waals surface area (Å²) in [7, 11) is 0. The molecule has 0 saturated heterocycles. The number of hydrogen-bond acceptors (Lipinski definition) is 2. The van der Waals surface area contributed by atoms with Crippen LogP contribution in [0.2, 0.25) is 5.02 Å². The van der Waals surface area contributed by atoms with Crippen LogP contribution in [0.15, 0.2) is 36.5 Å². The number of halogens is 1. The predicted octanol–water partition coefficient (Wildman–Crippen LogP) is 4.04. The lowest BCUT2D eigenvalue weighted by atomic mass is 10.3. The summed E-state index contributed by atoms with van der Waals surface area (Å²) < 4.78 is 2.50. The van der Waals surface area contributed by atoms with Crippen LogP contribution in [0.5, 0.6) is 0 Å². The fraction of sp³-hybridized carbons (Fsp3) is 0.0769. The molecule has 0 spiro atoms. The molecule has 1 N–H and O–H groups in total. The van der Waals surface area contributed by atoms with E-state index < -0.39 is 0 Å². The molecule has 5 heteroatoms. The van der Waals surface area contributed by atoms with Crippen LogP contribution < -0.4 is 0 Å². The molecule has 0 radical (unpaired) electrons. The number of aryl methyl sites for hydroxylation is 1. The fourth-order valence-corrected chi connectivity index (χ4v) is 2.44. The van der Waals surface area contributed by atoms with Crippen molar-refractivity contribution in [3.05, 3.63) is 51.9 Å². The first-order chi connectivity index (χ1) is 8.65. The second kappa shape index (κ2) is 4.23. The summed E-state index contributed by atoms with van der Waals surface area (Å²) in [6.45, 7) is 2.00. The van der Waals surface area contributed by atoms with Gasteiger partial charge in [0, 0.05) is 11.2 Å². The van der Waals surface area contributed by atoms with Gasteiger partial charge in [0.1, 0.15) is 0 Å². The highest BCUT2D eigenvalue weighted by Gasteiger charge is 2.08. The predicted molar refractivity (Wildman–Crippen MR) is 76.0 cm³/mol. The van der Waals surface area contributed by atoms with Gasteiger partial charge in [0.2, 0.25) is 0 Å². The minimum absolute atomic E-state index is 0.616. The van der Waals surface area contributed by atoms with E-state index in [-0.39, 0.29) is 0 Å². The zero-order chi connectivity index (χ0) is 12.7. The largest absolute Gasteiger partial charge is 0.329 e. The van der Waals surface area contributed by atoms with Gasteiger partial charge in [0.05, 0.1) is 11.2 Å². The van der Waals surface area contributed by atoms with E-state index in [2.05, 4.69) is 9.97 Å². The summed E-state index contributed by atoms with van der Waals surface area (Å²) in [6.07, 6.45) is 1.83. The molecule has 18 heavy (non-hydrogen) atoms. The Labute approximate surface area is 114 Å². The third-order valence-electron chi connectivity index (χ3n) is 2.73. The van der Waals surface area contributed by atoms with E-state index in [4.69, 9.17) is 23.8 Å². The molecule has 3 rings (SSSR count). The van der Waals surface area contributed by atoms with Crippen molar-refractivity contribution in [3.8, 4) is 5.69 Å².